The minimum absolute atomic E-state index is 0.0622. The van der Waals surface area contributed by atoms with Crippen molar-refractivity contribution in [1.29, 1.82) is 0 Å². The smallest absolute Gasteiger partial charge is 0.223 e. The van der Waals surface area contributed by atoms with Crippen molar-refractivity contribution in [3.63, 3.8) is 0 Å². The molecule has 1 atom stereocenters. The number of nitrogens with zero attached hydrogens (tertiary/aromatic N) is 1. The molecule has 0 spiro atoms. The van der Waals surface area contributed by atoms with Crippen LogP contribution in [0.25, 0.3) is 0 Å². The summed E-state index contributed by atoms with van der Waals surface area (Å²) in [4.78, 5) is 15.0. The second-order valence-electron chi connectivity index (χ2n) is 7.32. The van der Waals surface area contributed by atoms with Gasteiger partial charge in [0.1, 0.15) is 5.82 Å². The van der Waals surface area contributed by atoms with Gasteiger partial charge in [-0.2, -0.15) is 0 Å². The normalized spacial score (nSPS) is 17.0. The zero-order chi connectivity index (χ0) is 18.5. The first-order chi connectivity index (χ1) is 12.5. The fourth-order valence-corrected chi connectivity index (χ4v) is 3.47. The molecular formula is C22H27FN2O. The maximum absolute atomic E-state index is 13.0. The number of carbonyl (C=O) groups is 1. The Bertz CT molecular complexity index is 719. The van der Waals surface area contributed by atoms with Crippen molar-refractivity contribution >= 4 is 5.91 Å². The van der Waals surface area contributed by atoms with Gasteiger partial charge in [-0.1, -0.05) is 42.0 Å². The molecule has 0 bridgehead atoms. The number of carbonyl (C=O) groups excluding carboxylic acids is 1. The summed E-state index contributed by atoms with van der Waals surface area (Å²) >= 11 is 0. The Labute approximate surface area is 155 Å². The van der Waals surface area contributed by atoms with E-state index < -0.39 is 0 Å². The van der Waals surface area contributed by atoms with Crippen LogP contribution in [0.15, 0.2) is 48.5 Å². The van der Waals surface area contributed by atoms with Gasteiger partial charge in [-0.15, -0.1) is 0 Å². The van der Waals surface area contributed by atoms with Crippen LogP contribution in [-0.4, -0.2) is 23.9 Å². The van der Waals surface area contributed by atoms with E-state index in [2.05, 4.69) is 41.4 Å². The molecule has 0 saturated carbocycles. The Kier molecular flexibility index (Phi) is 6.04. The zero-order valence-corrected chi connectivity index (χ0v) is 15.5. The first-order valence-corrected chi connectivity index (χ1v) is 9.35. The molecule has 1 aliphatic rings. The highest BCUT2D eigenvalue weighted by Gasteiger charge is 2.26. The molecule has 0 aromatic heterocycles. The maximum Gasteiger partial charge on any atom is 0.223 e. The summed E-state index contributed by atoms with van der Waals surface area (Å²) in [7, 11) is 0. The summed E-state index contributed by atoms with van der Waals surface area (Å²) in [5.41, 5.74) is 3.53. The molecule has 1 heterocycles. The van der Waals surface area contributed by atoms with E-state index in [0.29, 0.717) is 0 Å². The molecule has 1 saturated heterocycles. The van der Waals surface area contributed by atoms with Crippen LogP contribution in [0.4, 0.5) is 4.39 Å². The third-order valence-electron chi connectivity index (χ3n) is 5.21. The lowest BCUT2D eigenvalue weighted by Crippen LogP contribution is -2.40. The molecule has 4 heteroatoms. The summed E-state index contributed by atoms with van der Waals surface area (Å²) in [6, 6.07) is 14.9. The molecule has 1 N–H and O–H groups in total. The van der Waals surface area contributed by atoms with Gasteiger partial charge in [-0.25, -0.2) is 4.39 Å². The highest BCUT2D eigenvalue weighted by Crippen LogP contribution is 2.21. The Hall–Kier alpha value is -2.20. The van der Waals surface area contributed by atoms with Crippen LogP contribution < -0.4 is 5.32 Å². The third kappa shape index (κ3) is 4.92. The largest absolute Gasteiger partial charge is 0.349 e. The molecule has 3 rings (SSSR count). The van der Waals surface area contributed by atoms with Crippen molar-refractivity contribution in [3.05, 3.63) is 71.0 Å². The number of benzene rings is 2. The minimum Gasteiger partial charge on any atom is -0.349 e. The standard InChI is InChI=1S/C22H27FN2O/c1-16-3-5-18(6-4-16)15-25-13-11-20(12-14-25)22(26)24-17(2)19-7-9-21(23)10-8-19/h3-10,17,20H,11-15H2,1-2H3,(H,24,26). The molecule has 1 aliphatic heterocycles. The molecule has 0 radical (unpaired) electrons. The van der Waals surface area contributed by atoms with Crippen LogP contribution in [0.1, 0.15) is 42.5 Å². The summed E-state index contributed by atoms with van der Waals surface area (Å²) < 4.78 is 13.0. The topological polar surface area (TPSA) is 32.3 Å². The summed E-state index contributed by atoms with van der Waals surface area (Å²) in [6.07, 6.45) is 1.77. The Morgan fingerprint density at radius 2 is 1.73 bits per heavy atom. The van der Waals surface area contributed by atoms with Gasteiger partial charge in [0.15, 0.2) is 0 Å². The van der Waals surface area contributed by atoms with Gasteiger partial charge in [0.2, 0.25) is 5.91 Å². The predicted octanol–water partition coefficient (Wildman–Crippen LogP) is 4.22. The van der Waals surface area contributed by atoms with Gasteiger partial charge < -0.3 is 5.32 Å². The third-order valence-corrected chi connectivity index (χ3v) is 5.21. The SMILES string of the molecule is Cc1ccc(CN2CCC(C(=O)NC(C)c3ccc(F)cc3)CC2)cc1. The van der Waals surface area contributed by atoms with Crippen LogP contribution in [0.2, 0.25) is 0 Å². The lowest BCUT2D eigenvalue weighted by molar-refractivity contribution is -0.127. The Morgan fingerprint density at radius 3 is 2.35 bits per heavy atom. The lowest BCUT2D eigenvalue weighted by atomic mass is 9.94. The molecule has 0 aliphatic carbocycles. The minimum atomic E-state index is -0.256. The maximum atomic E-state index is 13.0. The van der Waals surface area contributed by atoms with E-state index in [9.17, 15) is 9.18 Å². The molecular weight excluding hydrogens is 327 g/mol. The molecule has 2 aromatic carbocycles. The van der Waals surface area contributed by atoms with E-state index in [1.807, 2.05) is 6.92 Å². The van der Waals surface area contributed by atoms with Crippen molar-refractivity contribution in [2.45, 2.75) is 39.3 Å². The Balaban J connectivity index is 1.47. The number of hydrogen-bond donors (Lipinski definition) is 1. The highest BCUT2D eigenvalue weighted by molar-refractivity contribution is 5.79. The van der Waals surface area contributed by atoms with Crippen molar-refractivity contribution < 1.29 is 9.18 Å². The van der Waals surface area contributed by atoms with Crippen LogP contribution in [0.3, 0.4) is 0 Å². The average Bonchev–Trinajstić information content (AvgIpc) is 2.64. The number of hydrogen-bond acceptors (Lipinski definition) is 2. The van der Waals surface area contributed by atoms with E-state index >= 15 is 0 Å². The van der Waals surface area contributed by atoms with Gasteiger partial charge in [0.25, 0.3) is 0 Å². The molecule has 3 nitrogen and oxygen atoms in total. The van der Waals surface area contributed by atoms with Gasteiger partial charge in [-0.05, 0) is 63.0 Å². The quantitative estimate of drug-likeness (QED) is 0.872. The first-order valence-electron chi connectivity index (χ1n) is 9.35. The van der Waals surface area contributed by atoms with Crippen LogP contribution >= 0.6 is 0 Å². The molecule has 138 valence electrons. The van der Waals surface area contributed by atoms with Gasteiger partial charge in [0.05, 0.1) is 6.04 Å². The number of likely N-dealkylation sites (tertiary alicyclic amines) is 1. The number of aryl methyl sites for hydroxylation is 1. The van der Waals surface area contributed by atoms with E-state index in [1.165, 1.54) is 23.3 Å². The van der Waals surface area contributed by atoms with Gasteiger partial charge in [-0.3, -0.25) is 9.69 Å². The number of rotatable bonds is 5. The fourth-order valence-electron chi connectivity index (χ4n) is 3.47. The number of amides is 1. The molecule has 1 fully saturated rings. The monoisotopic (exact) mass is 354 g/mol. The number of nitrogens with one attached hydrogen (secondary N) is 1. The van der Waals surface area contributed by atoms with E-state index in [0.717, 1.165) is 38.0 Å². The van der Waals surface area contributed by atoms with Crippen molar-refractivity contribution in [1.82, 2.24) is 10.2 Å². The van der Waals surface area contributed by atoms with E-state index in [-0.39, 0.29) is 23.7 Å². The molecule has 2 aromatic rings. The van der Waals surface area contributed by atoms with Crippen molar-refractivity contribution in [3.8, 4) is 0 Å². The summed E-state index contributed by atoms with van der Waals surface area (Å²) in [5, 5.41) is 3.08. The second kappa shape index (κ2) is 8.45. The van der Waals surface area contributed by atoms with Gasteiger partial charge >= 0.3 is 0 Å². The predicted molar refractivity (Wildman–Crippen MR) is 102 cm³/mol. The molecule has 1 amide bonds. The second-order valence-corrected chi connectivity index (χ2v) is 7.32. The van der Waals surface area contributed by atoms with Crippen LogP contribution in [-0.2, 0) is 11.3 Å². The Morgan fingerprint density at radius 1 is 1.12 bits per heavy atom. The van der Waals surface area contributed by atoms with Gasteiger partial charge in [0, 0.05) is 12.5 Å². The first kappa shape index (κ1) is 18.6. The summed E-state index contributed by atoms with van der Waals surface area (Å²) in [6.45, 7) is 6.87. The highest BCUT2D eigenvalue weighted by atomic mass is 19.1. The van der Waals surface area contributed by atoms with Crippen LogP contribution in [0.5, 0.6) is 0 Å². The van der Waals surface area contributed by atoms with Crippen molar-refractivity contribution in [2.24, 2.45) is 5.92 Å². The zero-order valence-electron chi connectivity index (χ0n) is 15.5. The fraction of sp³-hybridized carbons (Fsp3) is 0.409. The summed E-state index contributed by atoms with van der Waals surface area (Å²) in [5.74, 6) is -0.0859. The van der Waals surface area contributed by atoms with E-state index in [1.54, 1.807) is 12.1 Å². The van der Waals surface area contributed by atoms with E-state index in [4.69, 9.17) is 0 Å². The number of halogens is 1. The average molecular weight is 354 g/mol. The van der Waals surface area contributed by atoms with Crippen LogP contribution in [0, 0.1) is 18.7 Å². The molecule has 26 heavy (non-hydrogen) atoms. The molecule has 1 unspecified atom stereocenters. The lowest BCUT2D eigenvalue weighted by Gasteiger charge is -2.32. The number of piperidine rings is 1. The van der Waals surface area contributed by atoms with Crippen molar-refractivity contribution in [2.75, 3.05) is 13.1 Å².